The first-order valence-electron chi connectivity index (χ1n) is 4.22. The van der Waals surface area contributed by atoms with Crippen LogP contribution in [0.15, 0.2) is 17.4 Å². The van der Waals surface area contributed by atoms with Gasteiger partial charge in [-0.2, -0.15) is 0 Å². The van der Waals surface area contributed by atoms with E-state index < -0.39 is 0 Å². The Morgan fingerprint density at radius 3 is 2.38 bits per heavy atom. The lowest BCUT2D eigenvalue weighted by molar-refractivity contribution is 0.831. The van der Waals surface area contributed by atoms with Crippen LogP contribution in [0.4, 0.5) is 0 Å². The molecule has 0 radical (unpaired) electrons. The zero-order valence-corrected chi connectivity index (χ0v) is 8.15. The summed E-state index contributed by atoms with van der Waals surface area (Å²) < 4.78 is 0. The lowest BCUT2D eigenvalue weighted by atomic mass is 10.4. The molecule has 1 aromatic heterocycles. The Morgan fingerprint density at radius 2 is 1.92 bits per heavy atom. The van der Waals surface area contributed by atoms with Crippen LogP contribution in [0.2, 0.25) is 0 Å². The van der Waals surface area contributed by atoms with Crippen LogP contribution in [-0.4, -0.2) is 21.8 Å². The van der Waals surface area contributed by atoms with E-state index in [0.717, 1.165) is 5.56 Å². The van der Waals surface area contributed by atoms with Crippen molar-refractivity contribution in [2.75, 3.05) is 0 Å². The summed E-state index contributed by atoms with van der Waals surface area (Å²) in [4.78, 5) is 12.3. The summed E-state index contributed by atoms with van der Waals surface area (Å²) in [5.74, 6) is 0.898. The highest BCUT2D eigenvalue weighted by Crippen LogP contribution is 1.95. The highest BCUT2D eigenvalue weighted by Gasteiger charge is 2.01. The molecule has 1 aromatic rings. The number of aliphatic imine (C=N–C) groups is 1. The van der Waals surface area contributed by atoms with Crippen LogP contribution in [0.3, 0.4) is 0 Å². The minimum atomic E-state index is 0.171. The molecular formula is C9H14N4. The zero-order valence-electron chi connectivity index (χ0n) is 8.15. The van der Waals surface area contributed by atoms with Crippen LogP contribution in [0.25, 0.3) is 0 Å². The predicted molar refractivity (Wildman–Crippen MR) is 52.6 cm³/mol. The third-order valence-electron chi connectivity index (χ3n) is 1.41. The summed E-state index contributed by atoms with van der Waals surface area (Å²) in [6.45, 7) is 5.85. The van der Waals surface area contributed by atoms with Crippen LogP contribution < -0.4 is 5.73 Å². The Bertz CT molecular complexity index is 300. The van der Waals surface area contributed by atoms with Gasteiger partial charge in [0.05, 0.1) is 0 Å². The molecule has 4 nitrogen and oxygen atoms in total. The fourth-order valence-corrected chi connectivity index (χ4v) is 0.861. The molecule has 0 saturated carbocycles. The predicted octanol–water partition coefficient (Wildman–Crippen LogP) is 0.899. The second-order valence-electron chi connectivity index (χ2n) is 3.19. The first-order valence-corrected chi connectivity index (χ1v) is 4.22. The van der Waals surface area contributed by atoms with E-state index in [9.17, 15) is 0 Å². The number of hydrogen-bond acceptors (Lipinski definition) is 3. The number of amidine groups is 1. The molecule has 0 bridgehead atoms. The van der Waals surface area contributed by atoms with Crippen molar-refractivity contribution in [2.45, 2.75) is 26.8 Å². The Balaban J connectivity index is 2.89. The summed E-state index contributed by atoms with van der Waals surface area (Å²) in [6.07, 6.45) is 3.45. The van der Waals surface area contributed by atoms with E-state index in [0.29, 0.717) is 11.7 Å². The normalized spacial score (nSPS) is 12.2. The maximum atomic E-state index is 5.67. The van der Waals surface area contributed by atoms with Crippen molar-refractivity contribution in [3.05, 3.63) is 23.8 Å². The van der Waals surface area contributed by atoms with Gasteiger partial charge in [-0.05, 0) is 26.3 Å². The summed E-state index contributed by atoms with van der Waals surface area (Å²) in [5.41, 5.74) is 6.69. The monoisotopic (exact) mass is 178 g/mol. The molecule has 0 aliphatic heterocycles. The topological polar surface area (TPSA) is 64.2 Å². The lowest BCUT2D eigenvalue weighted by Gasteiger charge is -2.01. The minimum absolute atomic E-state index is 0.171. The first-order chi connectivity index (χ1) is 6.09. The molecule has 1 rings (SSSR count). The quantitative estimate of drug-likeness (QED) is 0.540. The molecule has 0 amide bonds. The van der Waals surface area contributed by atoms with Gasteiger partial charge < -0.3 is 5.73 Å². The summed E-state index contributed by atoms with van der Waals surface area (Å²) in [5, 5.41) is 0. The maximum Gasteiger partial charge on any atom is 0.194 e. The molecule has 2 N–H and O–H groups in total. The van der Waals surface area contributed by atoms with Gasteiger partial charge in [-0.25, -0.2) is 9.97 Å². The van der Waals surface area contributed by atoms with E-state index in [1.165, 1.54) is 0 Å². The van der Waals surface area contributed by atoms with Gasteiger partial charge >= 0.3 is 0 Å². The van der Waals surface area contributed by atoms with Crippen molar-refractivity contribution in [1.29, 1.82) is 0 Å². The molecule has 13 heavy (non-hydrogen) atoms. The molecule has 0 aliphatic carbocycles. The fourth-order valence-electron chi connectivity index (χ4n) is 0.861. The van der Waals surface area contributed by atoms with Gasteiger partial charge in [-0.3, -0.25) is 4.99 Å². The zero-order chi connectivity index (χ0) is 9.84. The second-order valence-corrected chi connectivity index (χ2v) is 3.19. The van der Waals surface area contributed by atoms with Gasteiger partial charge in [0.15, 0.2) is 11.7 Å². The standard InChI is InChI=1S/C9H14N4/c1-6(2)13-8(10)9-11-4-7(3)5-12-9/h4-6H,1-3H3,(H2,10,13). The van der Waals surface area contributed by atoms with Gasteiger partial charge in [0.2, 0.25) is 0 Å². The first kappa shape index (κ1) is 9.64. The molecular weight excluding hydrogens is 164 g/mol. The van der Waals surface area contributed by atoms with E-state index >= 15 is 0 Å². The van der Waals surface area contributed by atoms with E-state index in [1.807, 2.05) is 20.8 Å². The molecule has 0 spiro atoms. The average molecular weight is 178 g/mol. The van der Waals surface area contributed by atoms with E-state index in [-0.39, 0.29) is 6.04 Å². The third-order valence-corrected chi connectivity index (χ3v) is 1.41. The number of aromatic nitrogens is 2. The lowest BCUT2D eigenvalue weighted by Crippen LogP contribution is -2.18. The van der Waals surface area contributed by atoms with Gasteiger partial charge in [-0.1, -0.05) is 0 Å². The molecule has 4 heteroatoms. The highest BCUT2D eigenvalue weighted by molar-refractivity contribution is 5.93. The maximum absolute atomic E-state index is 5.67. The fraction of sp³-hybridized carbons (Fsp3) is 0.444. The van der Waals surface area contributed by atoms with Crippen molar-refractivity contribution in [3.8, 4) is 0 Å². The largest absolute Gasteiger partial charge is 0.381 e. The van der Waals surface area contributed by atoms with Crippen molar-refractivity contribution in [1.82, 2.24) is 9.97 Å². The molecule has 0 aliphatic rings. The molecule has 0 saturated heterocycles. The summed E-state index contributed by atoms with van der Waals surface area (Å²) in [7, 11) is 0. The number of aryl methyl sites for hydroxylation is 1. The minimum Gasteiger partial charge on any atom is -0.381 e. The average Bonchev–Trinajstić information content (AvgIpc) is 2.04. The number of nitrogens with two attached hydrogens (primary N) is 1. The second kappa shape index (κ2) is 3.98. The van der Waals surface area contributed by atoms with Crippen molar-refractivity contribution in [2.24, 2.45) is 10.7 Å². The summed E-state index contributed by atoms with van der Waals surface area (Å²) in [6, 6.07) is 0.171. The van der Waals surface area contributed by atoms with Crippen molar-refractivity contribution >= 4 is 5.84 Å². The van der Waals surface area contributed by atoms with Crippen LogP contribution >= 0.6 is 0 Å². The summed E-state index contributed by atoms with van der Waals surface area (Å²) >= 11 is 0. The SMILES string of the molecule is Cc1cnc(C(N)=NC(C)C)nc1. The van der Waals surface area contributed by atoms with Crippen LogP contribution in [0.1, 0.15) is 25.2 Å². The van der Waals surface area contributed by atoms with Crippen molar-refractivity contribution < 1.29 is 0 Å². The van der Waals surface area contributed by atoms with Crippen LogP contribution in [-0.2, 0) is 0 Å². The van der Waals surface area contributed by atoms with Crippen molar-refractivity contribution in [3.63, 3.8) is 0 Å². The Kier molecular flexibility index (Phi) is 2.95. The molecule has 0 atom stereocenters. The van der Waals surface area contributed by atoms with Crippen LogP contribution in [0.5, 0.6) is 0 Å². The van der Waals surface area contributed by atoms with Gasteiger partial charge in [0, 0.05) is 18.4 Å². The Labute approximate surface area is 77.9 Å². The molecule has 1 heterocycles. The van der Waals surface area contributed by atoms with Gasteiger partial charge in [0.1, 0.15) is 0 Å². The Morgan fingerprint density at radius 1 is 1.38 bits per heavy atom. The van der Waals surface area contributed by atoms with Crippen LogP contribution in [0, 0.1) is 6.92 Å². The molecule has 0 unspecified atom stereocenters. The number of hydrogen-bond donors (Lipinski definition) is 1. The third kappa shape index (κ3) is 2.82. The van der Waals surface area contributed by atoms with E-state index in [4.69, 9.17) is 5.73 Å². The number of rotatable bonds is 2. The van der Waals surface area contributed by atoms with E-state index in [2.05, 4.69) is 15.0 Å². The molecule has 0 fully saturated rings. The Hall–Kier alpha value is -1.45. The highest BCUT2D eigenvalue weighted by atomic mass is 15.0. The van der Waals surface area contributed by atoms with Gasteiger partial charge in [0.25, 0.3) is 0 Å². The van der Waals surface area contributed by atoms with Gasteiger partial charge in [-0.15, -0.1) is 0 Å². The molecule has 70 valence electrons. The smallest absolute Gasteiger partial charge is 0.194 e. The molecule has 0 aromatic carbocycles. The number of nitrogens with zero attached hydrogens (tertiary/aromatic N) is 3. The van der Waals surface area contributed by atoms with E-state index in [1.54, 1.807) is 12.4 Å².